The van der Waals surface area contributed by atoms with Gasteiger partial charge in [0.25, 0.3) is 0 Å². The standard InChI is InChI=1S/C5H8N2O3S/c1-4(2-6)11(9,10)3-5(7)8/h4H,3H2,1H3,(H2,7,8). The molecule has 0 rings (SSSR count). The summed E-state index contributed by atoms with van der Waals surface area (Å²) in [5.41, 5.74) is 4.64. The Balaban J connectivity index is 4.52. The summed E-state index contributed by atoms with van der Waals surface area (Å²) >= 11 is 0. The molecule has 0 saturated carbocycles. The van der Waals surface area contributed by atoms with Crippen LogP contribution in [-0.4, -0.2) is 25.3 Å². The lowest BCUT2D eigenvalue weighted by atomic mass is 10.5. The third kappa shape index (κ3) is 3.00. The zero-order chi connectivity index (χ0) is 9.07. The van der Waals surface area contributed by atoms with Crippen LogP contribution in [0.15, 0.2) is 0 Å². The van der Waals surface area contributed by atoms with Gasteiger partial charge in [-0.1, -0.05) is 0 Å². The molecule has 0 heterocycles. The van der Waals surface area contributed by atoms with Crippen molar-refractivity contribution in [2.45, 2.75) is 12.2 Å². The molecule has 0 aliphatic rings. The lowest BCUT2D eigenvalue weighted by Gasteiger charge is -2.00. The lowest BCUT2D eigenvalue weighted by molar-refractivity contribution is -0.115. The molecule has 11 heavy (non-hydrogen) atoms. The maximum absolute atomic E-state index is 10.8. The first kappa shape index (κ1) is 9.91. The number of amides is 1. The average Bonchev–Trinajstić information content (AvgIpc) is 1.83. The summed E-state index contributed by atoms with van der Waals surface area (Å²) in [5.74, 6) is -1.70. The van der Waals surface area contributed by atoms with Crippen LogP contribution in [-0.2, 0) is 14.6 Å². The highest BCUT2D eigenvalue weighted by Gasteiger charge is 2.22. The van der Waals surface area contributed by atoms with E-state index in [1.165, 1.54) is 13.0 Å². The molecule has 0 aromatic heterocycles. The van der Waals surface area contributed by atoms with Crippen molar-refractivity contribution < 1.29 is 13.2 Å². The van der Waals surface area contributed by atoms with Gasteiger partial charge in [-0.2, -0.15) is 5.26 Å². The minimum Gasteiger partial charge on any atom is -0.369 e. The summed E-state index contributed by atoms with van der Waals surface area (Å²) < 4.78 is 21.7. The molecule has 0 aromatic carbocycles. The molecule has 1 unspecified atom stereocenters. The van der Waals surface area contributed by atoms with E-state index in [4.69, 9.17) is 5.26 Å². The predicted molar refractivity (Wildman–Crippen MR) is 38.1 cm³/mol. The van der Waals surface area contributed by atoms with Crippen LogP contribution in [0.5, 0.6) is 0 Å². The van der Waals surface area contributed by atoms with E-state index in [9.17, 15) is 13.2 Å². The van der Waals surface area contributed by atoms with Crippen molar-refractivity contribution >= 4 is 15.7 Å². The second kappa shape index (κ2) is 3.34. The Kier molecular flexibility index (Phi) is 3.01. The van der Waals surface area contributed by atoms with Crippen LogP contribution in [0.2, 0.25) is 0 Å². The zero-order valence-electron chi connectivity index (χ0n) is 5.94. The van der Waals surface area contributed by atoms with Gasteiger partial charge in [-0.05, 0) is 6.92 Å². The second-order valence-electron chi connectivity index (χ2n) is 2.04. The van der Waals surface area contributed by atoms with E-state index in [1.54, 1.807) is 0 Å². The van der Waals surface area contributed by atoms with Gasteiger partial charge in [0.1, 0.15) is 11.0 Å². The molecule has 1 amide bonds. The fourth-order valence-electron chi connectivity index (χ4n) is 0.404. The molecule has 2 N–H and O–H groups in total. The van der Waals surface area contributed by atoms with Crippen molar-refractivity contribution in [2.75, 3.05) is 5.75 Å². The largest absolute Gasteiger partial charge is 0.369 e. The van der Waals surface area contributed by atoms with Crippen molar-refractivity contribution in [3.8, 4) is 6.07 Å². The van der Waals surface area contributed by atoms with Crippen LogP contribution in [0.25, 0.3) is 0 Å². The van der Waals surface area contributed by atoms with Gasteiger partial charge < -0.3 is 5.73 Å². The summed E-state index contributed by atoms with van der Waals surface area (Å²) in [6.45, 7) is 1.21. The number of hydrogen-bond donors (Lipinski definition) is 1. The van der Waals surface area contributed by atoms with E-state index in [2.05, 4.69) is 5.73 Å². The lowest BCUT2D eigenvalue weighted by Crippen LogP contribution is -2.28. The number of sulfone groups is 1. The molecule has 0 radical (unpaired) electrons. The van der Waals surface area contributed by atoms with Gasteiger partial charge in [0.05, 0.1) is 6.07 Å². The maximum atomic E-state index is 10.8. The normalized spacial score (nSPS) is 13.5. The number of nitrogens with two attached hydrogens (primary N) is 1. The van der Waals surface area contributed by atoms with E-state index < -0.39 is 26.7 Å². The quantitative estimate of drug-likeness (QED) is 0.583. The van der Waals surface area contributed by atoms with E-state index in [0.29, 0.717) is 0 Å². The Morgan fingerprint density at radius 3 is 2.45 bits per heavy atom. The smallest absolute Gasteiger partial charge is 0.232 e. The van der Waals surface area contributed by atoms with Gasteiger partial charge in [-0.15, -0.1) is 0 Å². The molecule has 0 aliphatic carbocycles. The number of nitrogens with zero attached hydrogens (tertiary/aromatic N) is 1. The summed E-state index contributed by atoms with van der Waals surface area (Å²) in [6, 6.07) is 1.51. The highest BCUT2D eigenvalue weighted by atomic mass is 32.2. The molecule has 0 spiro atoms. The van der Waals surface area contributed by atoms with Crippen LogP contribution in [0.3, 0.4) is 0 Å². The molecule has 1 atom stereocenters. The van der Waals surface area contributed by atoms with E-state index in [1.807, 2.05) is 0 Å². The number of primary amides is 1. The van der Waals surface area contributed by atoms with Gasteiger partial charge in [-0.3, -0.25) is 4.79 Å². The number of rotatable bonds is 3. The van der Waals surface area contributed by atoms with Crippen LogP contribution >= 0.6 is 0 Å². The molecule has 5 nitrogen and oxygen atoms in total. The Hall–Kier alpha value is -1.09. The van der Waals surface area contributed by atoms with Crippen molar-refractivity contribution in [3.05, 3.63) is 0 Å². The predicted octanol–water partition coefficient (Wildman–Crippen LogP) is -1.20. The molecule has 0 fully saturated rings. The first-order valence-corrected chi connectivity index (χ1v) is 4.51. The molecule has 0 aliphatic heterocycles. The Morgan fingerprint density at radius 1 is 1.73 bits per heavy atom. The highest BCUT2D eigenvalue weighted by molar-refractivity contribution is 7.92. The summed E-state index contributed by atoms with van der Waals surface area (Å²) in [6.07, 6.45) is 0. The third-order valence-corrected chi connectivity index (χ3v) is 2.93. The zero-order valence-corrected chi connectivity index (χ0v) is 6.76. The van der Waals surface area contributed by atoms with Crippen LogP contribution < -0.4 is 5.73 Å². The summed E-state index contributed by atoms with van der Waals surface area (Å²) in [7, 11) is -3.65. The van der Waals surface area contributed by atoms with Crippen LogP contribution in [0.4, 0.5) is 0 Å². The van der Waals surface area contributed by atoms with E-state index >= 15 is 0 Å². The molecule has 0 bridgehead atoms. The highest BCUT2D eigenvalue weighted by Crippen LogP contribution is 1.98. The number of carbonyl (C=O) groups excluding carboxylic acids is 1. The molecule has 6 heteroatoms. The fourth-order valence-corrected chi connectivity index (χ4v) is 1.21. The average molecular weight is 176 g/mol. The minimum atomic E-state index is -3.65. The van der Waals surface area contributed by atoms with Gasteiger partial charge in [-0.25, -0.2) is 8.42 Å². The van der Waals surface area contributed by atoms with Gasteiger partial charge in [0, 0.05) is 0 Å². The van der Waals surface area contributed by atoms with Crippen LogP contribution in [0, 0.1) is 11.3 Å². The second-order valence-corrected chi connectivity index (χ2v) is 4.37. The maximum Gasteiger partial charge on any atom is 0.232 e. The van der Waals surface area contributed by atoms with Crippen molar-refractivity contribution in [1.29, 1.82) is 5.26 Å². The fraction of sp³-hybridized carbons (Fsp3) is 0.600. The molecule has 62 valence electrons. The molecule has 0 saturated heterocycles. The molecule has 0 aromatic rings. The van der Waals surface area contributed by atoms with Crippen LogP contribution in [0.1, 0.15) is 6.92 Å². The summed E-state index contributed by atoms with van der Waals surface area (Å²) in [5, 5.41) is 7.03. The van der Waals surface area contributed by atoms with Gasteiger partial charge in [0.15, 0.2) is 9.84 Å². The number of carbonyl (C=O) groups is 1. The third-order valence-electron chi connectivity index (χ3n) is 1.06. The summed E-state index contributed by atoms with van der Waals surface area (Å²) in [4.78, 5) is 10.2. The Morgan fingerprint density at radius 2 is 2.18 bits per heavy atom. The monoisotopic (exact) mass is 176 g/mol. The number of hydrogen-bond acceptors (Lipinski definition) is 4. The van der Waals surface area contributed by atoms with Gasteiger partial charge >= 0.3 is 0 Å². The SMILES string of the molecule is CC(C#N)S(=O)(=O)CC(N)=O. The van der Waals surface area contributed by atoms with Crippen molar-refractivity contribution in [1.82, 2.24) is 0 Å². The molecular weight excluding hydrogens is 168 g/mol. The van der Waals surface area contributed by atoms with Gasteiger partial charge in [0.2, 0.25) is 5.91 Å². The Labute approximate surface area is 64.7 Å². The van der Waals surface area contributed by atoms with Crippen molar-refractivity contribution in [3.63, 3.8) is 0 Å². The molecular formula is C5H8N2O3S. The topological polar surface area (TPSA) is 101 Å². The first-order chi connectivity index (χ1) is 4.90. The first-order valence-electron chi connectivity index (χ1n) is 2.79. The van der Waals surface area contributed by atoms with Crippen molar-refractivity contribution in [2.24, 2.45) is 5.73 Å². The Bertz CT molecular complexity index is 287. The minimum absolute atomic E-state index is 0.762. The van der Waals surface area contributed by atoms with E-state index in [0.717, 1.165) is 0 Å². The van der Waals surface area contributed by atoms with E-state index in [-0.39, 0.29) is 0 Å². The number of nitriles is 1.